The molecule has 0 aliphatic heterocycles. The molecule has 0 bridgehead atoms. The molecule has 0 atom stereocenters. The van der Waals surface area contributed by atoms with Crippen molar-refractivity contribution in [2.24, 2.45) is 0 Å². The first kappa shape index (κ1) is 13.5. The number of phenols is 1. The van der Waals surface area contributed by atoms with Crippen molar-refractivity contribution in [2.45, 2.75) is 58.2 Å². The third-order valence-corrected chi connectivity index (χ3v) is 4.35. The topological polar surface area (TPSA) is 37.2 Å². The monoisotopic (exact) mass is 272 g/mol. The summed E-state index contributed by atoms with van der Waals surface area (Å²) in [5.74, 6) is 0.341. The van der Waals surface area contributed by atoms with Gasteiger partial charge in [0.2, 0.25) is 0 Å². The van der Waals surface area contributed by atoms with Crippen LogP contribution in [0.5, 0.6) is 5.75 Å². The predicted molar refractivity (Wildman–Crippen MR) is 83.1 cm³/mol. The van der Waals surface area contributed by atoms with Crippen molar-refractivity contribution in [3.8, 4) is 5.75 Å². The van der Waals surface area contributed by atoms with Crippen molar-refractivity contribution >= 4 is 10.9 Å². The smallest absolute Gasteiger partial charge is 0.116 e. The van der Waals surface area contributed by atoms with Crippen LogP contribution in [0, 0.1) is 0 Å². The average molecular weight is 272 g/mol. The third kappa shape index (κ3) is 2.55. The van der Waals surface area contributed by atoms with Gasteiger partial charge >= 0.3 is 0 Å². The summed E-state index contributed by atoms with van der Waals surface area (Å²) in [6, 6.07) is 8.96. The minimum absolute atomic E-state index is 0.341. The highest BCUT2D eigenvalue weighted by Gasteiger charge is 2.16. The number of hydrogen-bond donors (Lipinski definition) is 2. The van der Waals surface area contributed by atoms with E-state index in [0.29, 0.717) is 17.8 Å². The quantitative estimate of drug-likeness (QED) is 0.884. The molecule has 1 saturated carbocycles. The van der Waals surface area contributed by atoms with Crippen molar-refractivity contribution in [1.29, 1.82) is 0 Å². The van der Waals surface area contributed by atoms with Crippen molar-refractivity contribution < 1.29 is 5.11 Å². The van der Waals surface area contributed by atoms with Crippen LogP contribution in [-0.2, 0) is 6.54 Å². The van der Waals surface area contributed by atoms with Crippen LogP contribution in [0.2, 0.25) is 0 Å². The maximum Gasteiger partial charge on any atom is 0.116 e. The lowest BCUT2D eigenvalue weighted by atomic mass is 10.2. The van der Waals surface area contributed by atoms with Gasteiger partial charge in [-0.2, -0.15) is 0 Å². The summed E-state index contributed by atoms with van der Waals surface area (Å²) < 4.78 is 2.37. The first-order chi connectivity index (χ1) is 9.65. The molecule has 1 aliphatic rings. The van der Waals surface area contributed by atoms with Gasteiger partial charge in [0.25, 0.3) is 0 Å². The summed E-state index contributed by atoms with van der Waals surface area (Å²) in [7, 11) is 0. The number of hydrogen-bond acceptors (Lipinski definition) is 2. The van der Waals surface area contributed by atoms with Crippen molar-refractivity contribution in [2.75, 3.05) is 0 Å². The molecule has 3 rings (SSSR count). The van der Waals surface area contributed by atoms with Gasteiger partial charge in [-0.25, -0.2) is 0 Å². The van der Waals surface area contributed by atoms with Gasteiger partial charge in [-0.1, -0.05) is 12.8 Å². The molecule has 0 amide bonds. The van der Waals surface area contributed by atoms with Crippen LogP contribution in [0.1, 0.15) is 51.3 Å². The molecule has 1 aromatic heterocycles. The zero-order valence-electron chi connectivity index (χ0n) is 12.4. The molecule has 1 aromatic carbocycles. The van der Waals surface area contributed by atoms with Crippen LogP contribution in [0.25, 0.3) is 10.9 Å². The first-order valence-corrected chi connectivity index (χ1v) is 7.71. The number of aromatic nitrogens is 1. The van der Waals surface area contributed by atoms with E-state index in [4.69, 9.17) is 0 Å². The van der Waals surface area contributed by atoms with Crippen LogP contribution in [0.15, 0.2) is 24.3 Å². The van der Waals surface area contributed by atoms with E-state index in [9.17, 15) is 5.11 Å². The first-order valence-electron chi connectivity index (χ1n) is 7.71. The second-order valence-corrected chi connectivity index (χ2v) is 6.20. The van der Waals surface area contributed by atoms with Crippen LogP contribution in [-0.4, -0.2) is 15.7 Å². The van der Waals surface area contributed by atoms with E-state index in [1.165, 1.54) is 36.9 Å². The summed E-state index contributed by atoms with van der Waals surface area (Å²) in [6.07, 6.45) is 5.34. The number of phenolic OH excluding ortho intramolecular Hbond substituents is 1. The zero-order valence-corrected chi connectivity index (χ0v) is 12.4. The number of aromatic hydroxyl groups is 1. The van der Waals surface area contributed by atoms with Crippen LogP contribution >= 0.6 is 0 Å². The lowest BCUT2D eigenvalue weighted by Gasteiger charge is -2.17. The van der Waals surface area contributed by atoms with Gasteiger partial charge in [-0.3, -0.25) is 0 Å². The van der Waals surface area contributed by atoms with Gasteiger partial charge in [-0.05, 0) is 51.0 Å². The predicted octanol–water partition coefficient (Wildman–Crippen LogP) is 3.96. The molecule has 1 heterocycles. The molecule has 0 spiro atoms. The number of rotatable bonds is 4. The van der Waals surface area contributed by atoms with E-state index in [1.807, 2.05) is 12.1 Å². The summed E-state index contributed by atoms with van der Waals surface area (Å²) in [6.45, 7) is 5.34. The summed E-state index contributed by atoms with van der Waals surface area (Å²) in [5.41, 5.74) is 2.52. The molecule has 1 aliphatic carbocycles. The van der Waals surface area contributed by atoms with E-state index < -0.39 is 0 Å². The molecular weight excluding hydrogens is 248 g/mol. The van der Waals surface area contributed by atoms with Crippen LogP contribution in [0.4, 0.5) is 0 Å². The molecular formula is C17H24N2O. The number of nitrogens with zero attached hydrogens (tertiary/aromatic N) is 1. The van der Waals surface area contributed by atoms with Crippen LogP contribution in [0.3, 0.4) is 0 Å². The van der Waals surface area contributed by atoms with Gasteiger partial charge < -0.3 is 15.0 Å². The molecule has 2 aromatic rings. The maximum absolute atomic E-state index is 9.65. The lowest BCUT2D eigenvalue weighted by molar-refractivity contribution is 0.476. The van der Waals surface area contributed by atoms with Crippen LogP contribution < -0.4 is 5.32 Å². The highest BCUT2D eigenvalue weighted by molar-refractivity contribution is 5.83. The van der Waals surface area contributed by atoms with E-state index in [-0.39, 0.29) is 0 Å². The van der Waals surface area contributed by atoms with E-state index in [1.54, 1.807) is 6.07 Å². The van der Waals surface area contributed by atoms with E-state index >= 15 is 0 Å². The number of benzene rings is 1. The van der Waals surface area contributed by atoms with Crippen molar-refractivity contribution in [3.05, 3.63) is 30.0 Å². The largest absolute Gasteiger partial charge is 0.508 e. The highest BCUT2D eigenvalue weighted by Crippen LogP contribution is 2.27. The summed E-state index contributed by atoms with van der Waals surface area (Å²) in [4.78, 5) is 0. The molecule has 20 heavy (non-hydrogen) atoms. The SMILES string of the molecule is CC(C)n1c(CNC2CCCC2)cc2cc(O)ccc21. The fraction of sp³-hybridized carbons (Fsp3) is 0.529. The Morgan fingerprint density at radius 3 is 2.70 bits per heavy atom. The fourth-order valence-electron chi connectivity index (χ4n) is 3.41. The molecule has 0 radical (unpaired) electrons. The summed E-state index contributed by atoms with van der Waals surface area (Å²) in [5, 5.41) is 14.5. The lowest BCUT2D eigenvalue weighted by Crippen LogP contribution is -2.26. The third-order valence-electron chi connectivity index (χ3n) is 4.35. The molecule has 3 heteroatoms. The minimum Gasteiger partial charge on any atom is -0.508 e. The highest BCUT2D eigenvalue weighted by atomic mass is 16.3. The van der Waals surface area contributed by atoms with Crippen molar-refractivity contribution in [1.82, 2.24) is 9.88 Å². The Hall–Kier alpha value is -1.48. The number of fused-ring (bicyclic) bond motifs is 1. The zero-order chi connectivity index (χ0) is 14.1. The summed E-state index contributed by atoms with van der Waals surface area (Å²) >= 11 is 0. The molecule has 2 N–H and O–H groups in total. The van der Waals surface area contributed by atoms with Gasteiger partial charge in [0.05, 0.1) is 0 Å². The Morgan fingerprint density at radius 2 is 2.00 bits per heavy atom. The van der Waals surface area contributed by atoms with E-state index in [2.05, 4.69) is 29.8 Å². The molecule has 108 valence electrons. The number of nitrogens with one attached hydrogen (secondary N) is 1. The second-order valence-electron chi connectivity index (χ2n) is 6.20. The van der Waals surface area contributed by atoms with Gasteiger partial charge in [0, 0.05) is 35.2 Å². The van der Waals surface area contributed by atoms with Gasteiger partial charge in [0.1, 0.15) is 5.75 Å². The van der Waals surface area contributed by atoms with Gasteiger partial charge in [-0.15, -0.1) is 0 Å². The normalized spacial score (nSPS) is 16.6. The van der Waals surface area contributed by atoms with Crippen molar-refractivity contribution in [3.63, 3.8) is 0 Å². The molecule has 0 unspecified atom stereocenters. The fourth-order valence-corrected chi connectivity index (χ4v) is 3.41. The maximum atomic E-state index is 9.65. The molecule has 0 saturated heterocycles. The molecule has 3 nitrogen and oxygen atoms in total. The average Bonchev–Trinajstić information content (AvgIpc) is 3.02. The Kier molecular flexibility index (Phi) is 3.70. The minimum atomic E-state index is 0.341. The second kappa shape index (κ2) is 5.49. The molecule has 1 fully saturated rings. The standard InChI is InChI=1S/C17H24N2O/c1-12(2)19-15(11-18-14-5-3-4-6-14)9-13-10-16(20)7-8-17(13)19/h7-10,12,14,18,20H,3-6,11H2,1-2H3. The Labute approximate surface area is 120 Å². The Balaban J connectivity index is 1.89. The van der Waals surface area contributed by atoms with Gasteiger partial charge in [0.15, 0.2) is 0 Å². The Bertz CT molecular complexity index is 594. The Morgan fingerprint density at radius 1 is 1.25 bits per heavy atom. The van der Waals surface area contributed by atoms with E-state index in [0.717, 1.165) is 11.9 Å².